The molecule has 0 aromatic rings. The first-order chi connectivity index (χ1) is 16.7. The van der Waals surface area contributed by atoms with Crippen molar-refractivity contribution in [1.29, 1.82) is 0 Å². The van der Waals surface area contributed by atoms with Gasteiger partial charge in [-0.05, 0) is 56.1 Å². The van der Waals surface area contributed by atoms with Gasteiger partial charge in [-0.2, -0.15) is 0 Å². The van der Waals surface area contributed by atoms with Gasteiger partial charge in [0.25, 0.3) is 0 Å². The van der Waals surface area contributed by atoms with Crippen LogP contribution < -0.4 is 0 Å². The van der Waals surface area contributed by atoms with E-state index in [4.69, 9.17) is 18.9 Å². The second-order valence-electron chi connectivity index (χ2n) is 11.8. The molecule has 1 heterocycles. The van der Waals surface area contributed by atoms with Crippen LogP contribution in [0, 0.1) is 29.1 Å². The molecule has 4 aliphatic rings. The number of ether oxygens (including phenoxy) is 4. The third-order valence-electron chi connectivity index (χ3n) is 9.27. The van der Waals surface area contributed by atoms with Crippen LogP contribution >= 0.6 is 0 Å². The van der Waals surface area contributed by atoms with Gasteiger partial charge in [0.1, 0.15) is 18.3 Å². The molecule has 4 rings (SSSR count). The van der Waals surface area contributed by atoms with Gasteiger partial charge in [0.15, 0.2) is 17.0 Å². The zero-order chi connectivity index (χ0) is 27.0. The molecule has 36 heavy (non-hydrogen) atoms. The molecule has 0 radical (unpaired) electrons. The van der Waals surface area contributed by atoms with Crippen molar-refractivity contribution in [1.82, 2.24) is 0 Å². The quantitative estimate of drug-likeness (QED) is 0.269. The second kappa shape index (κ2) is 8.77. The predicted molar refractivity (Wildman–Crippen MR) is 131 cm³/mol. The molecule has 200 valence electrons. The number of esters is 2. The number of aliphatic hydroxyl groups is 1. The van der Waals surface area contributed by atoms with Gasteiger partial charge in [0, 0.05) is 31.4 Å². The average molecular weight is 505 g/mol. The standard InChI is InChI=1S/C28H40O8/c1-10-13(2)25(32)35-21-14(3)11-28-24(34-17(6)29)15(4)12-27(28,36-28)23(31)16(5)20(30)18-19(22(21)33-9)26(18,7)8/h10-11,15-16,18-22,24,30H,12H2,1-9H3/b13-10-,14-11-/t15-,16-,18-,19+,20-,21+,22-,24-,27-,28-/m0/s1. The Balaban J connectivity index is 1.88. The number of hydrogen-bond acceptors (Lipinski definition) is 8. The molecule has 8 nitrogen and oxygen atoms in total. The van der Waals surface area contributed by atoms with E-state index >= 15 is 0 Å². The van der Waals surface area contributed by atoms with Crippen LogP contribution in [0.3, 0.4) is 0 Å². The van der Waals surface area contributed by atoms with Gasteiger partial charge in [0.2, 0.25) is 0 Å². The van der Waals surface area contributed by atoms with E-state index in [2.05, 4.69) is 0 Å². The topological polar surface area (TPSA) is 112 Å². The minimum absolute atomic E-state index is 0.141. The van der Waals surface area contributed by atoms with E-state index < -0.39 is 53.5 Å². The van der Waals surface area contributed by atoms with E-state index in [0.29, 0.717) is 17.6 Å². The lowest BCUT2D eigenvalue weighted by atomic mass is 9.80. The highest BCUT2D eigenvalue weighted by Gasteiger charge is 2.83. The molecule has 3 aliphatic carbocycles. The van der Waals surface area contributed by atoms with Crippen molar-refractivity contribution in [2.24, 2.45) is 29.1 Å². The Kier molecular flexibility index (Phi) is 6.59. The third-order valence-corrected chi connectivity index (χ3v) is 9.27. The maximum Gasteiger partial charge on any atom is 0.334 e. The van der Waals surface area contributed by atoms with Crippen LogP contribution in [0.1, 0.15) is 61.8 Å². The van der Waals surface area contributed by atoms with Crippen LogP contribution in [0.15, 0.2) is 23.3 Å². The molecule has 0 aromatic heterocycles. The van der Waals surface area contributed by atoms with Crippen molar-refractivity contribution >= 4 is 17.7 Å². The lowest BCUT2D eigenvalue weighted by Gasteiger charge is -2.30. The number of ketones is 1. The Labute approximate surface area is 213 Å². The number of carbonyl (C=O) groups is 3. The Morgan fingerprint density at radius 1 is 1.17 bits per heavy atom. The fourth-order valence-corrected chi connectivity index (χ4v) is 7.15. The molecule has 10 atom stereocenters. The molecular formula is C28H40O8. The summed E-state index contributed by atoms with van der Waals surface area (Å²) in [5.74, 6) is -2.33. The van der Waals surface area contributed by atoms with E-state index in [9.17, 15) is 19.5 Å². The van der Waals surface area contributed by atoms with E-state index in [1.807, 2.05) is 33.8 Å². The van der Waals surface area contributed by atoms with Gasteiger partial charge in [-0.25, -0.2) is 4.79 Å². The summed E-state index contributed by atoms with van der Waals surface area (Å²) in [6.45, 7) is 14.4. The molecule has 0 spiro atoms. The van der Waals surface area contributed by atoms with Crippen molar-refractivity contribution in [2.75, 3.05) is 7.11 Å². The lowest BCUT2D eigenvalue weighted by molar-refractivity contribution is -0.151. The van der Waals surface area contributed by atoms with Gasteiger partial charge in [-0.3, -0.25) is 9.59 Å². The molecule has 3 fully saturated rings. The molecule has 0 bridgehead atoms. The number of aliphatic hydroxyl groups excluding tert-OH is 1. The monoisotopic (exact) mass is 504 g/mol. The van der Waals surface area contributed by atoms with Crippen LogP contribution in [-0.2, 0) is 33.3 Å². The molecule has 1 N–H and O–H groups in total. The van der Waals surface area contributed by atoms with Gasteiger partial charge in [-0.15, -0.1) is 0 Å². The summed E-state index contributed by atoms with van der Waals surface area (Å²) in [5, 5.41) is 11.5. The molecular weight excluding hydrogens is 464 g/mol. The normalized spacial score (nSPS) is 46.8. The smallest absolute Gasteiger partial charge is 0.334 e. The Morgan fingerprint density at radius 3 is 2.36 bits per heavy atom. The molecule has 0 amide bonds. The first-order valence-corrected chi connectivity index (χ1v) is 12.9. The first-order valence-electron chi connectivity index (χ1n) is 12.9. The molecule has 0 unspecified atom stereocenters. The summed E-state index contributed by atoms with van der Waals surface area (Å²) < 4.78 is 24.0. The number of Topliss-reactive ketones (excluding diaryl/α,β-unsaturated/α-hetero) is 1. The molecule has 1 aliphatic heterocycles. The zero-order valence-electron chi connectivity index (χ0n) is 22.8. The van der Waals surface area contributed by atoms with Crippen LogP contribution in [0.4, 0.5) is 0 Å². The lowest BCUT2D eigenvalue weighted by Crippen LogP contribution is -2.42. The van der Waals surface area contributed by atoms with Crippen molar-refractivity contribution < 1.29 is 38.4 Å². The largest absolute Gasteiger partial charge is 0.459 e. The number of fused-ring (bicyclic) bond motifs is 1. The van der Waals surface area contributed by atoms with Crippen LogP contribution in [-0.4, -0.2) is 65.6 Å². The number of allylic oxidation sites excluding steroid dienone is 1. The number of hydrogen-bond donors (Lipinski definition) is 1. The maximum absolute atomic E-state index is 13.9. The number of rotatable bonds is 4. The Bertz CT molecular complexity index is 1030. The third kappa shape index (κ3) is 3.71. The second-order valence-corrected chi connectivity index (χ2v) is 11.8. The molecule has 0 aromatic carbocycles. The zero-order valence-corrected chi connectivity index (χ0v) is 22.8. The minimum atomic E-state index is -1.20. The molecule has 8 heteroatoms. The van der Waals surface area contributed by atoms with Crippen molar-refractivity contribution in [3.8, 4) is 0 Å². The number of methoxy groups -OCH3 is 1. The highest BCUT2D eigenvalue weighted by molar-refractivity contribution is 5.96. The van der Waals surface area contributed by atoms with E-state index in [1.165, 1.54) is 6.92 Å². The first kappa shape index (κ1) is 27.0. The number of carbonyl (C=O) groups excluding carboxylic acids is 3. The number of epoxide rings is 1. The van der Waals surface area contributed by atoms with Gasteiger partial charge in [-0.1, -0.05) is 33.8 Å². The Hall–Kier alpha value is -2.03. The summed E-state index contributed by atoms with van der Waals surface area (Å²) >= 11 is 0. The van der Waals surface area contributed by atoms with Crippen molar-refractivity contribution in [3.05, 3.63) is 23.3 Å². The fraction of sp³-hybridized carbons (Fsp3) is 0.750. The summed E-state index contributed by atoms with van der Waals surface area (Å²) in [5.41, 5.74) is -1.61. The minimum Gasteiger partial charge on any atom is -0.459 e. The molecule has 1 saturated heterocycles. The predicted octanol–water partition coefficient (Wildman–Crippen LogP) is 3.16. The van der Waals surface area contributed by atoms with Gasteiger partial charge >= 0.3 is 11.9 Å². The highest BCUT2D eigenvalue weighted by atomic mass is 16.7. The highest BCUT2D eigenvalue weighted by Crippen LogP contribution is 2.68. The average Bonchev–Trinajstić information content (AvgIpc) is 3.60. The Morgan fingerprint density at radius 2 is 1.81 bits per heavy atom. The van der Waals surface area contributed by atoms with Crippen LogP contribution in [0.2, 0.25) is 0 Å². The van der Waals surface area contributed by atoms with Crippen LogP contribution in [0.25, 0.3) is 0 Å². The summed E-state index contributed by atoms with van der Waals surface area (Å²) in [4.78, 5) is 38.9. The van der Waals surface area contributed by atoms with Gasteiger partial charge < -0.3 is 24.1 Å². The van der Waals surface area contributed by atoms with Crippen molar-refractivity contribution in [3.63, 3.8) is 0 Å². The van der Waals surface area contributed by atoms with E-state index in [1.54, 1.807) is 34.0 Å². The SMILES string of the molecule is C/C=C(/C)C(=O)O[C@@H]1/C(C)=C\[C@@]23O[C@@]2(C[C@H](C)[C@@H]3OC(C)=O)C(=O)[C@@H](C)[C@H](O)[C@@H]2[C@H]([C@@H]1OC)C2(C)C. The summed E-state index contributed by atoms with van der Waals surface area (Å²) in [6, 6.07) is 0. The van der Waals surface area contributed by atoms with Crippen molar-refractivity contribution in [2.45, 2.75) is 97.4 Å². The maximum atomic E-state index is 13.9. The fourth-order valence-electron chi connectivity index (χ4n) is 7.15. The van der Waals surface area contributed by atoms with E-state index in [0.717, 1.165) is 0 Å². The van der Waals surface area contributed by atoms with Gasteiger partial charge in [0.05, 0.1) is 6.10 Å². The molecule has 2 saturated carbocycles. The summed E-state index contributed by atoms with van der Waals surface area (Å²) in [7, 11) is 1.57. The van der Waals surface area contributed by atoms with E-state index in [-0.39, 0.29) is 29.0 Å². The van der Waals surface area contributed by atoms with Crippen LogP contribution in [0.5, 0.6) is 0 Å². The summed E-state index contributed by atoms with van der Waals surface area (Å²) in [6.07, 6.45) is 0.920.